The number of aliphatic hydroxyl groups is 2. The molecule has 0 aliphatic rings. The highest BCUT2D eigenvalue weighted by atomic mass is 16.5. The molecule has 0 aromatic carbocycles. The van der Waals surface area contributed by atoms with E-state index in [0.717, 1.165) is 51.4 Å². The minimum Gasteiger partial charge on any atom is -0.466 e. The van der Waals surface area contributed by atoms with Gasteiger partial charge in [0, 0.05) is 12.8 Å². The van der Waals surface area contributed by atoms with Gasteiger partial charge in [0.2, 0.25) is 5.91 Å². The van der Waals surface area contributed by atoms with Crippen LogP contribution in [0.1, 0.15) is 386 Å². The van der Waals surface area contributed by atoms with Gasteiger partial charge in [-0.1, -0.05) is 332 Å². The van der Waals surface area contributed by atoms with E-state index in [9.17, 15) is 19.8 Å². The Kier molecular flexibility index (Phi) is 67.4. The number of carbonyl (C=O) groups is 2. The summed E-state index contributed by atoms with van der Waals surface area (Å²) in [5.41, 5.74) is 0. The summed E-state index contributed by atoms with van der Waals surface area (Å²) in [6, 6.07) is -0.627. The van der Waals surface area contributed by atoms with Crippen molar-refractivity contribution in [3.05, 3.63) is 48.6 Å². The molecule has 470 valence electrons. The Morgan fingerprint density at radius 2 is 0.625 bits per heavy atom. The van der Waals surface area contributed by atoms with Crippen LogP contribution in [0.2, 0.25) is 0 Å². The molecule has 0 radical (unpaired) electrons. The summed E-state index contributed by atoms with van der Waals surface area (Å²) >= 11 is 0. The normalized spacial score (nSPS) is 12.8. The Morgan fingerprint density at radius 1 is 0.350 bits per heavy atom. The standard InChI is InChI=1S/C74H139NO5/c1-3-5-7-9-11-13-15-17-19-35-40-44-48-52-56-60-64-68-74(79)80-69-65-61-57-53-49-45-41-37-34-32-30-28-26-24-22-20-21-23-25-27-29-31-33-36-39-43-47-51-55-59-63-67-73(78)75-71(70-76)72(77)66-62-58-54-50-46-42-38-18-16-14-12-10-8-6-4-2/h11,13,17,19,22,24,62,66,71-72,76-77H,3-10,12,14-16,18,20-21,23,25-61,63-65,67-70H2,1-2H3,(H,75,78)/b13-11-,19-17-,24-22-,66-62+. The monoisotopic (exact) mass is 1120 g/mol. The Bertz CT molecular complexity index is 1340. The van der Waals surface area contributed by atoms with Crippen molar-refractivity contribution in [2.24, 2.45) is 0 Å². The molecule has 2 unspecified atom stereocenters. The van der Waals surface area contributed by atoms with Gasteiger partial charge < -0.3 is 20.3 Å². The van der Waals surface area contributed by atoms with Gasteiger partial charge >= 0.3 is 5.97 Å². The van der Waals surface area contributed by atoms with Crippen molar-refractivity contribution >= 4 is 11.9 Å². The first-order chi connectivity index (χ1) is 39.5. The largest absolute Gasteiger partial charge is 0.466 e. The van der Waals surface area contributed by atoms with Gasteiger partial charge in [-0.2, -0.15) is 0 Å². The molecule has 80 heavy (non-hydrogen) atoms. The number of ether oxygens (including phenoxy) is 1. The van der Waals surface area contributed by atoms with E-state index < -0.39 is 12.1 Å². The molecule has 6 heteroatoms. The summed E-state index contributed by atoms with van der Waals surface area (Å²) in [5.74, 6) is -0.0544. The lowest BCUT2D eigenvalue weighted by molar-refractivity contribution is -0.143. The number of esters is 1. The Morgan fingerprint density at radius 3 is 0.988 bits per heavy atom. The maximum atomic E-state index is 12.5. The molecule has 1 amide bonds. The second-order valence-electron chi connectivity index (χ2n) is 24.6. The highest BCUT2D eigenvalue weighted by Gasteiger charge is 2.18. The third kappa shape index (κ3) is 65.0. The fraction of sp³-hybridized carbons (Fsp3) is 0.865. The summed E-state index contributed by atoms with van der Waals surface area (Å²) in [6.45, 7) is 4.90. The van der Waals surface area contributed by atoms with Crippen LogP contribution >= 0.6 is 0 Å². The van der Waals surface area contributed by atoms with Crippen molar-refractivity contribution in [1.82, 2.24) is 5.32 Å². The van der Waals surface area contributed by atoms with E-state index in [-0.39, 0.29) is 18.5 Å². The van der Waals surface area contributed by atoms with E-state index >= 15 is 0 Å². The fourth-order valence-electron chi connectivity index (χ4n) is 11.1. The highest BCUT2D eigenvalue weighted by molar-refractivity contribution is 5.76. The number of nitrogens with one attached hydrogen (secondary N) is 1. The van der Waals surface area contributed by atoms with E-state index in [0.29, 0.717) is 19.4 Å². The minimum atomic E-state index is -0.843. The quantitative estimate of drug-likeness (QED) is 0.0320. The number of hydrogen-bond acceptors (Lipinski definition) is 5. The molecule has 0 saturated heterocycles. The molecule has 6 nitrogen and oxygen atoms in total. The third-order valence-corrected chi connectivity index (χ3v) is 16.6. The molecule has 3 N–H and O–H groups in total. The zero-order valence-corrected chi connectivity index (χ0v) is 53.8. The predicted molar refractivity (Wildman–Crippen MR) is 352 cm³/mol. The van der Waals surface area contributed by atoms with E-state index in [2.05, 4.69) is 55.6 Å². The predicted octanol–water partition coefficient (Wildman–Crippen LogP) is 23.3. The minimum absolute atomic E-state index is 0.00973. The van der Waals surface area contributed by atoms with E-state index in [4.69, 9.17) is 4.74 Å². The molecule has 0 aliphatic heterocycles. The zero-order valence-electron chi connectivity index (χ0n) is 53.8. The van der Waals surface area contributed by atoms with Gasteiger partial charge in [0.05, 0.1) is 25.4 Å². The number of carbonyl (C=O) groups excluding carboxylic acids is 2. The van der Waals surface area contributed by atoms with Crippen LogP contribution < -0.4 is 5.32 Å². The van der Waals surface area contributed by atoms with Crippen molar-refractivity contribution < 1.29 is 24.5 Å². The summed E-state index contributed by atoms with van der Waals surface area (Å²) in [7, 11) is 0. The topological polar surface area (TPSA) is 95.9 Å². The van der Waals surface area contributed by atoms with Crippen molar-refractivity contribution in [2.45, 2.75) is 398 Å². The maximum Gasteiger partial charge on any atom is 0.305 e. The van der Waals surface area contributed by atoms with Crippen molar-refractivity contribution in [2.75, 3.05) is 13.2 Å². The second-order valence-corrected chi connectivity index (χ2v) is 24.6. The Hall–Kier alpha value is -2.18. The van der Waals surface area contributed by atoms with Crippen LogP contribution in [0, 0.1) is 0 Å². The molecule has 0 aromatic heterocycles. The van der Waals surface area contributed by atoms with Crippen LogP contribution in [-0.4, -0.2) is 47.4 Å². The number of allylic oxidation sites excluding steroid dienone is 7. The molecule has 0 bridgehead atoms. The molecule has 0 aliphatic carbocycles. The van der Waals surface area contributed by atoms with Gasteiger partial charge in [0.15, 0.2) is 0 Å². The molecule has 0 spiro atoms. The molecule has 2 atom stereocenters. The first kappa shape index (κ1) is 77.8. The number of aliphatic hydroxyl groups excluding tert-OH is 2. The number of unbranched alkanes of at least 4 members (excludes halogenated alkanes) is 50. The number of hydrogen-bond donors (Lipinski definition) is 3. The van der Waals surface area contributed by atoms with E-state index in [1.807, 2.05) is 6.08 Å². The van der Waals surface area contributed by atoms with Gasteiger partial charge in [-0.3, -0.25) is 9.59 Å². The van der Waals surface area contributed by atoms with Gasteiger partial charge in [-0.25, -0.2) is 0 Å². The molecular formula is C74H139NO5. The van der Waals surface area contributed by atoms with Crippen LogP contribution in [0.15, 0.2) is 48.6 Å². The maximum absolute atomic E-state index is 12.5. The highest BCUT2D eigenvalue weighted by Crippen LogP contribution is 2.18. The van der Waals surface area contributed by atoms with Crippen molar-refractivity contribution in [1.29, 1.82) is 0 Å². The van der Waals surface area contributed by atoms with E-state index in [1.165, 1.54) is 308 Å². The molecule has 0 saturated carbocycles. The fourth-order valence-corrected chi connectivity index (χ4v) is 11.1. The van der Waals surface area contributed by atoms with Crippen LogP contribution in [-0.2, 0) is 14.3 Å². The lowest BCUT2D eigenvalue weighted by Gasteiger charge is -2.20. The summed E-state index contributed by atoms with van der Waals surface area (Å²) < 4.78 is 5.50. The summed E-state index contributed by atoms with van der Waals surface area (Å²) in [5, 5.41) is 23.2. The van der Waals surface area contributed by atoms with Gasteiger partial charge in [0.25, 0.3) is 0 Å². The average molecular weight is 1120 g/mol. The third-order valence-electron chi connectivity index (χ3n) is 16.6. The summed E-state index contributed by atoms with van der Waals surface area (Å²) in [4.78, 5) is 24.6. The number of rotatable bonds is 67. The van der Waals surface area contributed by atoms with Gasteiger partial charge in [0.1, 0.15) is 0 Å². The lowest BCUT2D eigenvalue weighted by Crippen LogP contribution is -2.45. The van der Waals surface area contributed by atoms with Crippen LogP contribution in [0.5, 0.6) is 0 Å². The first-order valence-electron chi connectivity index (χ1n) is 35.9. The molecule has 0 aromatic rings. The SMILES string of the molecule is CCCCC/C=C\C/C=C\CCCCCCCCCC(=O)OCCCCCCCCCCCCCC/C=C\CCCCCCCCCCCCCCCCCC(=O)NC(CO)C(O)/C=C/CCCCCCCCCCCCCCC. The summed E-state index contributed by atoms with van der Waals surface area (Å²) in [6.07, 6.45) is 90.5. The first-order valence-corrected chi connectivity index (χ1v) is 35.9. The second kappa shape index (κ2) is 69.3. The van der Waals surface area contributed by atoms with Crippen LogP contribution in [0.3, 0.4) is 0 Å². The molecule has 0 fully saturated rings. The molecule has 0 heterocycles. The van der Waals surface area contributed by atoms with Crippen LogP contribution in [0.25, 0.3) is 0 Å². The Balaban J connectivity index is 3.37. The van der Waals surface area contributed by atoms with Crippen LogP contribution in [0.4, 0.5) is 0 Å². The van der Waals surface area contributed by atoms with Gasteiger partial charge in [-0.05, 0) is 89.9 Å². The molecule has 0 rings (SSSR count). The van der Waals surface area contributed by atoms with Crippen molar-refractivity contribution in [3.63, 3.8) is 0 Å². The van der Waals surface area contributed by atoms with Gasteiger partial charge in [-0.15, -0.1) is 0 Å². The van der Waals surface area contributed by atoms with E-state index in [1.54, 1.807) is 6.08 Å². The van der Waals surface area contributed by atoms with Crippen molar-refractivity contribution in [3.8, 4) is 0 Å². The lowest BCUT2D eigenvalue weighted by atomic mass is 10.0. The number of amides is 1. The molecular weight excluding hydrogens is 983 g/mol. The smallest absolute Gasteiger partial charge is 0.305 e. The Labute approximate surface area is 499 Å². The average Bonchev–Trinajstić information content (AvgIpc) is 3.46. The zero-order chi connectivity index (χ0) is 57.8.